The van der Waals surface area contributed by atoms with Gasteiger partial charge >= 0.3 is 0 Å². The third-order valence-electron chi connectivity index (χ3n) is 1.84. The predicted octanol–water partition coefficient (Wildman–Crippen LogP) is 2.57. The Morgan fingerprint density at radius 1 is 1.53 bits per heavy atom. The standard InChI is InChI=1S/C9H8BrNO4/c1-5(12)6-3-7(11(13)14)9(10)8(4-6)15-2/h3-4H,1-2H3. The highest BCUT2D eigenvalue weighted by atomic mass is 79.9. The summed E-state index contributed by atoms with van der Waals surface area (Å²) in [5.74, 6) is 0.0262. The van der Waals surface area contributed by atoms with Crippen LogP contribution in [0, 0.1) is 10.1 Å². The van der Waals surface area contributed by atoms with Gasteiger partial charge in [-0.2, -0.15) is 0 Å². The van der Waals surface area contributed by atoms with Gasteiger partial charge in [-0.25, -0.2) is 0 Å². The molecule has 1 aromatic carbocycles. The third-order valence-corrected chi connectivity index (χ3v) is 2.64. The van der Waals surface area contributed by atoms with E-state index in [1.165, 1.54) is 26.2 Å². The van der Waals surface area contributed by atoms with Crippen LogP contribution in [0.4, 0.5) is 5.69 Å². The first-order chi connectivity index (χ1) is 6.97. The summed E-state index contributed by atoms with van der Waals surface area (Å²) < 4.78 is 5.16. The van der Waals surface area contributed by atoms with Crippen LogP contribution < -0.4 is 4.74 Å². The van der Waals surface area contributed by atoms with Gasteiger partial charge in [0.2, 0.25) is 0 Å². The maximum Gasteiger partial charge on any atom is 0.288 e. The minimum absolute atomic E-state index is 0.181. The highest BCUT2D eigenvalue weighted by Crippen LogP contribution is 2.35. The van der Waals surface area contributed by atoms with Crippen molar-refractivity contribution < 1.29 is 14.5 Å². The summed E-state index contributed by atoms with van der Waals surface area (Å²) in [5, 5.41) is 10.7. The average Bonchev–Trinajstić information content (AvgIpc) is 2.17. The molecule has 0 fully saturated rings. The van der Waals surface area contributed by atoms with Gasteiger partial charge in [-0.05, 0) is 28.9 Å². The molecule has 0 spiro atoms. The Kier molecular flexibility index (Phi) is 3.41. The Balaban J connectivity index is 3.45. The summed E-state index contributed by atoms with van der Waals surface area (Å²) >= 11 is 3.05. The molecule has 0 bridgehead atoms. The lowest BCUT2D eigenvalue weighted by Gasteiger charge is -2.05. The first-order valence-electron chi connectivity index (χ1n) is 4.00. The summed E-state index contributed by atoms with van der Waals surface area (Å²) in [4.78, 5) is 21.2. The number of nitrogens with zero attached hydrogens (tertiary/aromatic N) is 1. The van der Waals surface area contributed by atoms with Crippen LogP contribution in [0.15, 0.2) is 16.6 Å². The number of hydrogen-bond acceptors (Lipinski definition) is 4. The zero-order chi connectivity index (χ0) is 11.6. The lowest BCUT2D eigenvalue weighted by molar-refractivity contribution is -0.385. The zero-order valence-electron chi connectivity index (χ0n) is 8.11. The molecule has 0 aliphatic rings. The van der Waals surface area contributed by atoms with Gasteiger partial charge in [0.15, 0.2) is 5.78 Å². The van der Waals surface area contributed by atoms with E-state index in [4.69, 9.17) is 4.74 Å². The summed E-state index contributed by atoms with van der Waals surface area (Å²) in [5.41, 5.74) is 0.0706. The first-order valence-corrected chi connectivity index (χ1v) is 4.79. The number of rotatable bonds is 3. The van der Waals surface area contributed by atoms with E-state index < -0.39 is 4.92 Å². The van der Waals surface area contributed by atoms with Crippen LogP contribution >= 0.6 is 15.9 Å². The number of ketones is 1. The van der Waals surface area contributed by atoms with Crippen LogP contribution in [0.3, 0.4) is 0 Å². The number of ether oxygens (including phenoxy) is 1. The minimum Gasteiger partial charge on any atom is -0.495 e. The molecule has 0 saturated heterocycles. The number of carbonyl (C=O) groups is 1. The van der Waals surface area contributed by atoms with Crippen molar-refractivity contribution >= 4 is 27.4 Å². The van der Waals surface area contributed by atoms with Crippen LogP contribution in [0.25, 0.3) is 0 Å². The highest BCUT2D eigenvalue weighted by molar-refractivity contribution is 9.10. The van der Waals surface area contributed by atoms with E-state index in [0.717, 1.165) is 0 Å². The van der Waals surface area contributed by atoms with E-state index in [0.29, 0.717) is 0 Å². The topological polar surface area (TPSA) is 69.4 Å². The number of benzene rings is 1. The molecule has 0 N–H and O–H groups in total. The van der Waals surface area contributed by atoms with Gasteiger partial charge in [0.05, 0.1) is 12.0 Å². The maximum atomic E-state index is 11.1. The molecule has 0 atom stereocenters. The van der Waals surface area contributed by atoms with Crippen LogP contribution in [-0.2, 0) is 0 Å². The quantitative estimate of drug-likeness (QED) is 0.482. The van der Waals surface area contributed by atoms with Crippen molar-refractivity contribution in [1.82, 2.24) is 0 Å². The molecule has 0 heterocycles. The Hall–Kier alpha value is -1.43. The molecular weight excluding hydrogens is 266 g/mol. The highest BCUT2D eigenvalue weighted by Gasteiger charge is 2.19. The van der Waals surface area contributed by atoms with Gasteiger partial charge < -0.3 is 4.74 Å². The van der Waals surface area contributed by atoms with E-state index in [9.17, 15) is 14.9 Å². The summed E-state index contributed by atoms with van der Waals surface area (Å²) in [7, 11) is 1.38. The van der Waals surface area contributed by atoms with Crippen LogP contribution in [0.1, 0.15) is 17.3 Å². The van der Waals surface area contributed by atoms with E-state index in [1.54, 1.807) is 0 Å². The molecule has 0 saturated carbocycles. The number of carbonyl (C=O) groups excluding carboxylic acids is 1. The molecule has 6 heteroatoms. The molecule has 5 nitrogen and oxygen atoms in total. The normalized spacial score (nSPS) is 9.80. The van der Waals surface area contributed by atoms with Crippen LogP contribution in [0.5, 0.6) is 5.75 Å². The molecular formula is C9H8BrNO4. The number of nitro groups is 1. The van der Waals surface area contributed by atoms with Gasteiger partial charge in [-0.15, -0.1) is 0 Å². The fourth-order valence-electron chi connectivity index (χ4n) is 1.07. The smallest absolute Gasteiger partial charge is 0.288 e. The predicted molar refractivity (Wildman–Crippen MR) is 57.4 cm³/mol. The van der Waals surface area contributed by atoms with E-state index >= 15 is 0 Å². The van der Waals surface area contributed by atoms with Crippen molar-refractivity contribution in [2.75, 3.05) is 7.11 Å². The van der Waals surface area contributed by atoms with Gasteiger partial charge in [-0.3, -0.25) is 14.9 Å². The monoisotopic (exact) mass is 273 g/mol. The SMILES string of the molecule is COc1cc(C(C)=O)cc([N+](=O)[O-])c1Br. The average molecular weight is 274 g/mol. The van der Waals surface area contributed by atoms with E-state index in [2.05, 4.69) is 15.9 Å². The maximum absolute atomic E-state index is 11.1. The van der Waals surface area contributed by atoms with Gasteiger partial charge in [-0.1, -0.05) is 0 Å². The van der Waals surface area contributed by atoms with Gasteiger partial charge in [0.25, 0.3) is 5.69 Å². The Bertz CT molecular complexity index is 430. The number of hydrogen-bond donors (Lipinski definition) is 0. The molecule has 15 heavy (non-hydrogen) atoms. The molecule has 0 amide bonds. The first kappa shape index (κ1) is 11.6. The number of Topliss-reactive ketones (excluding diaryl/α,β-unsaturated/α-hetero) is 1. The Morgan fingerprint density at radius 2 is 2.13 bits per heavy atom. The molecule has 0 unspecified atom stereocenters. The zero-order valence-corrected chi connectivity index (χ0v) is 9.70. The van der Waals surface area contributed by atoms with Crippen molar-refractivity contribution in [3.8, 4) is 5.75 Å². The molecule has 80 valence electrons. The second kappa shape index (κ2) is 4.39. The minimum atomic E-state index is -0.570. The summed E-state index contributed by atoms with van der Waals surface area (Å²) in [6.07, 6.45) is 0. The fourth-order valence-corrected chi connectivity index (χ4v) is 1.60. The second-order valence-corrected chi connectivity index (χ2v) is 3.62. The summed E-state index contributed by atoms with van der Waals surface area (Å²) in [6, 6.07) is 2.67. The third kappa shape index (κ3) is 2.33. The van der Waals surface area contributed by atoms with E-state index in [-0.39, 0.29) is 27.3 Å². The van der Waals surface area contributed by atoms with Crippen LogP contribution in [-0.4, -0.2) is 17.8 Å². The molecule has 1 aromatic rings. The van der Waals surface area contributed by atoms with Crippen molar-refractivity contribution in [2.24, 2.45) is 0 Å². The molecule has 1 rings (SSSR count). The van der Waals surface area contributed by atoms with Crippen molar-refractivity contribution in [3.63, 3.8) is 0 Å². The van der Waals surface area contributed by atoms with Gasteiger partial charge in [0.1, 0.15) is 10.2 Å². The Labute approximate surface area is 94.3 Å². The van der Waals surface area contributed by atoms with E-state index in [1.807, 2.05) is 0 Å². The second-order valence-electron chi connectivity index (χ2n) is 2.82. The molecule has 0 aromatic heterocycles. The molecule has 0 aliphatic heterocycles. The van der Waals surface area contributed by atoms with Crippen LogP contribution in [0.2, 0.25) is 0 Å². The van der Waals surface area contributed by atoms with Crippen molar-refractivity contribution in [2.45, 2.75) is 6.92 Å². The number of halogens is 1. The Morgan fingerprint density at radius 3 is 2.53 bits per heavy atom. The van der Waals surface area contributed by atoms with Gasteiger partial charge in [0, 0.05) is 11.6 Å². The summed E-state index contributed by atoms with van der Waals surface area (Å²) in [6.45, 7) is 1.34. The number of nitro benzene ring substituents is 1. The van der Waals surface area contributed by atoms with Crippen molar-refractivity contribution in [3.05, 3.63) is 32.3 Å². The van der Waals surface area contributed by atoms with Crippen molar-refractivity contribution in [1.29, 1.82) is 0 Å². The lowest BCUT2D eigenvalue weighted by atomic mass is 10.1. The molecule has 0 radical (unpaired) electrons. The number of methoxy groups -OCH3 is 1. The lowest BCUT2D eigenvalue weighted by Crippen LogP contribution is -1.98. The molecule has 0 aliphatic carbocycles. The fraction of sp³-hybridized carbons (Fsp3) is 0.222. The largest absolute Gasteiger partial charge is 0.495 e.